The summed E-state index contributed by atoms with van der Waals surface area (Å²) < 4.78 is 11.7. The highest BCUT2D eigenvalue weighted by molar-refractivity contribution is 5.66. The maximum atomic E-state index is 12.2. The molecule has 11 atom stereocenters. The van der Waals surface area contributed by atoms with Crippen molar-refractivity contribution in [3.63, 3.8) is 0 Å². The van der Waals surface area contributed by atoms with E-state index in [1.54, 1.807) is 11.1 Å². The van der Waals surface area contributed by atoms with Gasteiger partial charge in [-0.1, -0.05) is 25.0 Å². The fraction of sp³-hybridized carbons (Fsp3) is 0.871. The Kier molecular flexibility index (Phi) is 6.34. The SMILES string of the molecule is CC(=O)O[C@@H]1CC[C@]2(C)C3=C(C[C@@H](OC(C)=O)C2C1)C1CCC2C(CN4C[C@H](C)CCC4[C@@]2(C)O)C1C3. The molecule has 2 saturated heterocycles. The van der Waals surface area contributed by atoms with E-state index in [0.29, 0.717) is 35.6 Å². The molecule has 0 aromatic rings. The highest BCUT2D eigenvalue weighted by Gasteiger charge is 2.61. The number of carbonyl (C=O) groups excluding carboxylic acids is 2. The van der Waals surface area contributed by atoms with Crippen molar-refractivity contribution >= 4 is 11.9 Å². The smallest absolute Gasteiger partial charge is 0.302 e. The number of aliphatic hydroxyl groups is 1. The van der Waals surface area contributed by atoms with E-state index in [9.17, 15) is 14.7 Å². The van der Waals surface area contributed by atoms with Crippen LogP contribution in [0.4, 0.5) is 0 Å². The normalized spacial score (nSPS) is 49.2. The van der Waals surface area contributed by atoms with Crippen LogP contribution in [0.15, 0.2) is 11.1 Å². The van der Waals surface area contributed by atoms with Crippen molar-refractivity contribution in [3.8, 4) is 0 Å². The van der Waals surface area contributed by atoms with E-state index in [4.69, 9.17) is 9.47 Å². The van der Waals surface area contributed by atoms with Gasteiger partial charge in [-0.3, -0.25) is 14.5 Å². The largest absolute Gasteiger partial charge is 0.463 e. The number of allylic oxidation sites excluding steroid dienone is 1. The van der Waals surface area contributed by atoms with Gasteiger partial charge in [0.25, 0.3) is 0 Å². The highest BCUT2D eigenvalue weighted by Crippen LogP contribution is 2.65. The summed E-state index contributed by atoms with van der Waals surface area (Å²) in [5, 5.41) is 12.0. The number of rotatable bonds is 2. The zero-order chi connectivity index (χ0) is 26.3. The van der Waals surface area contributed by atoms with Crippen molar-refractivity contribution < 1.29 is 24.2 Å². The molecule has 0 aromatic carbocycles. The standard InChI is InChI=1S/C31H47NO5/c1-17-6-9-29-31(5,35)25-8-7-21-22(24(25)16-32(29)15-17)13-26-23(21)14-28(37-19(3)34)27-12-20(36-18(2)33)10-11-30(26,27)4/h17,20-22,24-25,27-29,35H,6-16H2,1-5H3/t17-,20-,21?,22?,24?,25?,27?,28-,29?,30-,31+/m1/s1. The summed E-state index contributed by atoms with van der Waals surface area (Å²) in [4.78, 5) is 26.6. The van der Waals surface area contributed by atoms with E-state index in [1.807, 2.05) is 0 Å². The zero-order valence-electron chi connectivity index (χ0n) is 23.5. The van der Waals surface area contributed by atoms with Gasteiger partial charge in [0.2, 0.25) is 0 Å². The average Bonchev–Trinajstić information content (AvgIpc) is 3.19. The third-order valence-electron chi connectivity index (χ3n) is 12.0. The molecule has 6 nitrogen and oxygen atoms in total. The lowest BCUT2D eigenvalue weighted by Crippen LogP contribution is -2.67. The molecule has 2 aliphatic heterocycles. The number of esters is 2. The molecule has 37 heavy (non-hydrogen) atoms. The van der Waals surface area contributed by atoms with Gasteiger partial charge in [-0.15, -0.1) is 0 Å². The first-order valence-electron chi connectivity index (χ1n) is 15.0. The molecule has 6 rings (SSSR count). The van der Waals surface area contributed by atoms with Crippen LogP contribution < -0.4 is 0 Å². The van der Waals surface area contributed by atoms with Crippen LogP contribution in [0.25, 0.3) is 0 Å². The third-order valence-corrected chi connectivity index (χ3v) is 12.0. The third kappa shape index (κ3) is 4.11. The minimum atomic E-state index is -0.619. The molecular formula is C31H47NO5. The van der Waals surface area contributed by atoms with Gasteiger partial charge in [0.05, 0.1) is 5.60 Å². The average molecular weight is 514 g/mol. The molecule has 2 heterocycles. The Bertz CT molecular complexity index is 988. The number of hydrogen-bond acceptors (Lipinski definition) is 6. The summed E-state index contributed by atoms with van der Waals surface area (Å²) >= 11 is 0. The molecule has 206 valence electrons. The molecule has 0 radical (unpaired) electrons. The van der Waals surface area contributed by atoms with Crippen LogP contribution in [-0.4, -0.2) is 58.9 Å². The van der Waals surface area contributed by atoms with E-state index in [0.717, 1.165) is 64.5 Å². The van der Waals surface area contributed by atoms with Crippen molar-refractivity contribution in [1.82, 2.24) is 4.90 Å². The van der Waals surface area contributed by atoms with E-state index in [1.165, 1.54) is 20.3 Å². The molecule has 1 N–H and O–H groups in total. The summed E-state index contributed by atoms with van der Waals surface area (Å²) in [7, 11) is 0. The summed E-state index contributed by atoms with van der Waals surface area (Å²) in [6, 6.07) is 0.303. The molecule has 6 aliphatic rings. The number of hydrogen-bond donors (Lipinski definition) is 1. The van der Waals surface area contributed by atoms with Gasteiger partial charge in [-0.25, -0.2) is 0 Å². The molecular weight excluding hydrogens is 466 g/mol. The molecule has 0 spiro atoms. The second-order valence-electron chi connectivity index (χ2n) is 14.1. The molecule has 2 saturated carbocycles. The quantitative estimate of drug-likeness (QED) is 0.419. The van der Waals surface area contributed by atoms with Gasteiger partial charge >= 0.3 is 11.9 Å². The van der Waals surface area contributed by atoms with Gasteiger partial charge in [0.15, 0.2) is 0 Å². The molecule has 0 aromatic heterocycles. The van der Waals surface area contributed by atoms with Gasteiger partial charge < -0.3 is 14.6 Å². The van der Waals surface area contributed by atoms with Gasteiger partial charge in [0.1, 0.15) is 12.2 Å². The first-order chi connectivity index (χ1) is 17.5. The van der Waals surface area contributed by atoms with Crippen molar-refractivity contribution in [3.05, 3.63) is 11.1 Å². The van der Waals surface area contributed by atoms with Crippen LogP contribution in [0.5, 0.6) is 0 Å². The predicted octanol–water partition coefficient (Wildman–Crippen LogP) is 4.88. The first kappa shape index (κ1) is 25.9. The molecule has 4 aliphatic carbocycles. The van der Waals surface area contributed by atoms with Crippen molar-refractivity contribution in [2.24, 2.45) is 40.9 Å². The lowest BCUT2D eigenvalue weighted by Gasteiger charge is -2.59. The predicted molar refractivity (Wildman–Crippen MR) is 140 cm³/mol. The van der Waals surface area contributed by atoms with E-state index in [2.05, 4.69) is 25.7 Å². The Morgan fingerprint density at radius 2 is 1.68 bits per heavy atom. The van der Waals surface area contributed by atoms with Crippen molar-refractivity contribution in [1.29, 1.82) is 0 Å². The molecule has 6 heteroatoms. The Labute approximate surface area is 222 Å². The Hall–Kier alpha value is -1.40. The number of ether oxygens (including phenoxy) is 2. The number of nitrogens with zero attached hydrogens (tertiary/aromatic N) is 1. The first-order valence-corrected chi connectivity index (χ1v) is 15.0. The summed E-state index contributed by atoms with van der Waals surface area (Å²) in [5.41, 5.74) is 2.57. The molecule has 0 bridgehead atoms. The van der Waals surface area contributed by atoms with Gasteiger partial charge in [-0.05, 0) is 93.3 Å². The Morgan fingerprint density at radius 1 is 0.919 bits per heavy atom. The van der Waals surface area contributed by atoms with Crippen molar-refractivity contribution in [2.45, 2.75) is 116 Å². The highest BCUT2D eigenvalue weighted by atomic mass is 16.5. The van der Waals surface area contributed by atoms with Crippen LogP contribution >= 0.6 is 0 Å². The van der Waals surface area contributed by atoms with Crippen LogP contribution in [0.1, 0.15) is 92.4 Å². The fourth-order valence-corrected chi connectivity index (χ4v) is 10.5. The monoisotopic (exact) mass is 513 g/mol. The summed E-state index contributed by atoms with van der Waals surface area (Å²) in [5.74, 6) is 2.48. The van der Waals surface area contributed by atoms with E-state index >= 15 is 0 Å². The van der Waals surface area contributed by atoms with E-state index < -0.39 is 5.60 Å². The van der Waals surface area contributed by atoms with E-state index in [-0.39, 0.29) is 35.5 Å². The minimum absolute atomic E-state index is 0.0173. The zero-order valence-corrected chi connectivity index (χ0v) is 23.5. The summed E-state index contributed by atoms with van der Waals surface area (Å²) in [6.45, 7) is 12.2. The topological polar surface area (TPSA) is 76.1 Å². The van der Waals surface area contributed by atoms with Crippen LogP contribution in [0.3, 0.4) is 0 Å². The van der Waals surface area contributed by atoms with Crippen LogP contribution in [0, 0.1) is 40.9 Å². The van der Waals surface area contributed by atoms with Crippen LogP contribution in [-0.2, 0) is 19.1 Å². The van der Waals surface area contributed by atoms with Crippen LogP contribution in [0.2, 0.25) is 0 Å². The summed E-state index contributed by atoms with van der Waals surface area (Å²) in [6.07, 6.45) is 8.94. The lowest BCUT2D eigenvalue weighted by molar-refractivity contribution is -0.173. The Morgan fingerprint density at radius 3 is 2.41 bits per heavy atom. The number of piperidine rings is 2. The number of carbonyl (C=O) groups is 2. The second kappa shape index (κ2) is 9.08. The maximum absolute atomic E-state index is 12.2. The van der Waals surface area contributed by atoms with Gasteiger partial charge in [0, 0.05) is 45.3 Å². The number of fused-ring (bicyclic) bond motifs is 7. The maximum Gasteiger partial charge on any atom is 0.302 e. The fourth-order valence-electron chi connectivity index (χ4n) is 10.5. The van der Waals surface area contributed by atoms with Gasteiger partial charge in [-0.2, -0.15) is 0 Å². The van der Waals surface area contributed by atoms with Crippen molar-refractivity contribution in [2.75, 3.05) is 13.1 Å². The second-order valence-corrected chi connectivity index (χ2v) is 14.1. The lowest BCUT2D eigenvalue weighted by atomic mass is 9.56. The molecule has 6 unspecified atom stereocenters. The molecule has 4 fully saturated rings. The minimum Gasteiger partial charge on any atom is -0.463 e. The molecule has 0 amide bonds. The Balaban J connectivity index is 1.30.